The van der Waals surface area contributed by atoms with Crippen LogP contribution in [-0.4, -0.2) is 48.1 Å². The number of ether oxygens (including phenoxy) is 1. The Kier molecular flexibility index (Phi) is 6.93. The Morgan fingerprint density at radius 1 is 1.24 bits per heavy atom. The first-order valence-electron chi connectivity index (χ1n) is 13.6. The van der Waals surface area contributed by atoms with Crippen LogP contribution in [0.2, 0.25) is 0 Å². The fourth-order valence-corrected chi connectivity index (χ4v) is 5.71. The van der Waals surface area contributed by atoms with Gasteiger partial charge in [-0.2, -0.15) is 0 Å². The topological polar surface area (TPSA) is 135 Å². The van der Waals surface area contributed by atoms with Gasteiger partial charge in [-0.3, -0.25) is 14.6 Å². The lowest BCUT2D eigenvalue weighted by atomic mass is 9.87. The van der Waals surface area contributed by atoms with E-state index in [-0.39, 0.29) is 30.3 Å². The van der Waals surface area contributed by atoms with E-state index < -0.39 is 11.8 Å². The van der Waals surface area contributed by atoms with Gasteiger partial charge in [-0.05, 0) is 73.2 Å². The van der Waals surface area contributed by atoms with E-state index in [0.717, 1.165) is 34.5 Å². The lowest BCUT2D eigenvalue weighted by Crippen LogP contribution is -2.24. The van der Waals surface area contributed by atoms with Crippen molar-refractivity contribution in [2.24, 2.45) is 7.05 Å². The summed E-state index contributed by atoms with van der Waals surface area (Å²) in [4.78, 5) is 40.8. The number of aliphatic carboxylic acids is 1. The molecule has 5 aromatic rings. The number of nitrogens with zero attached hydrogens (tertiary/aromatic N) is 4. The Morgan fingerprint density at radius 3 is 2.83 bits per heavy atom. The van der Waals surface area contributed by atoms with Gasteiger partial charge in [0.1, 0.15) is 11.3 Å². The van der Waals surface area contributed by atoms with Crippen LogP contribution in [0.4, 0.5) is 4.39 Å². The summed E-state index contributed by atoms with van der Waals surface area (Å²) >= 11 is 0. The van der Waals surface area contributed by atoms with Crippen molar-refractivity contribution < 1.29 is 23.8 Å². The first kappa shape index (κ1) is 27.1. The van der Waals surface area contributed by atoms with Crippen LogP contribution in [0.15, 0.2) is 43.0 Å². The molecule has 0 saturated heterocycles. The number of carbonyl (C=O) groups is 2. The smallest absolute Gasteiger partial charge is 0.307 e. The summed E-state index contributed by atoms with van der Waals surface area (Å²) in [6, 6.07) is 6.85. The van der Waals surface area contributed by atoms with Gasteiger partial charge in [-0.1, -0.05) is 0 Å². The number of aromatic amines is 1. The number of imidazole rings is 1. The first-order valence-corrected chi connectivity index (χ1v) is 13.6. The highest BCUT2D eigenvalue weighted by molar-refractivity contribution is 6.01. The van der Waals surface area contributed by atoms with Crippen LogP contribution in [0, 0.1) is 19.7 Å². The van der Waals surface area contributed by atoms with Crippen LogP contribution in [-0.2, 0) is 31.2 Å². The van der Waals surface area contributed by atoms with Crippen molar-refractivity contribution in [2.75, 3.05) is 6.61 Å². The van der Waals surface area contributed by atoms with Gasteiger partial charge in [-0.15, -0.1) is 0 Å². The zero-order valence-electron chi connectivity index (χ0n) is 23.4. The quantitative estimate of drug-likeness (QED) is 0.260. The Bertz CT molecular complexity index is 1860. The second-order valence-corrected chi connectivity index (χ2v) is 10.4. The summed E-state index contributed by atoms with van der Waals surface area (Å²) in [7, 11) is 1.86. The van der Waals surface area contributed by atoms with Crippen LogP contribution in [0.3, 0.4) is 0 Å². The summed E-state index contributed by atoms with van der Waals surface area (Å²) < 4.78 is 22.9. The fourth-order valence-electron chi connectivity index (χ4n) is 5.71. The lowest BCUT2D eigenvalue weighted by molar-refractivity contribution is -0.136. The van der Waals surface area contributed by atoms with Crippen molar-refractivity contribution in [2.45, 2.75) is 39.7 Å². The Balaban J connectivity index is 1.50. The number of carboxylic acids is 1. The van der Waals surface area contributed by atoms with Crippen molar-refractivity contribution in [1.29, 1.82) is 0 Å². The van der Waals surface area contributed by atoms with Gasteiger partial charge in [0.2, 0.25) is 0 Å². The van der Waals surface area contributed by atoms with Crippen molar-refractivity contribution in [3.8, 4) is 28.1 Å². The standard InChI is InChI=1S/C31H29FN6O4/c1-16-20-5-4-8-42-29(20)24(32)10-21(16)28-22(12-27(39)40)17(2)37-30-23(28)11-26(38(30)3)18-6-7-34-25(9-18)31(41)35-14-19-13-33-15-36-19/h6-7,9-11,13,15H,4-5,8,12,14H2,1-3H3,(H,33,36)(H,35,41)(H,39,40). The van der Waals surface area contributed by atoms with Crippen LogP contribution in [0.1, 0.15) is 45.0 Å². The number of hydrogen-bond donors (Lipinski definition) is 3. The zero-order valence-corrected chi connectivity index (χ0v) is 23.4. The highest BCUT2D eigenvalue weighted by Gasteiger charge is 2.26. The highest BCUT2D eigenvalue weighted by Crippen LogP contribution is 2.43. The minimum absolute atomic E-state index is 0.237. The van der Waals surface area contributed by atoms with E-state index in [1.165, 1.54) is 6.07 Å². The van der Waals surface area contributed by atoms with Crippen LogP contribution in [0.25, 0.3) is 33.4 Å². The number of pyridine rings is 2. The van der Waals surface area contributed by atoms with Gasteiger partial charge in [0.25, 0.3) is 5.91 Å². The molecule has 1 aliphatic heterocycles. The molecular formula is C31H29FN6O4. The van der Waals surface area contributed by atoms with E-state index in [2.05, 4.69) is 20.3 Å². The molecule has 11 heteroatoms. The van der Waals surface area contributed by atoms with E-state index in [1.54, 1.807) is 37.8 Å². The number of benzene rings is 1. The normalized spacial score (nSPS) is 12.7. The molecule has 1 amide bonds. The molecule has 0 unspecified atom stereocenters. The number of fused-ring (bicyclic) bond motifs is 2. The fraction of sp³-hybridized carbons (Fsp3) is 0.258. The Morgan fingerprint density at radius 2 is 2.07 bits per heavy atom. The monoisotopic (exact) mass is 568 g/mol. The van der Waals surface area contributed by atoms with Crippen molar-refractivity contribution >= 4 is 22.9 Å². The highest BCUT2D eigenvalue weighted by atomic mass is 19.1. The summed E-state index contributed by atoms with van der Waals surface area (Å²) in [6.07, 6.45) is 5.93. The van der Waals surface area contributed by atoms with E-state index in [4.69, 9.17) is 9.72 Å². The van der Waals surface area contributed by atoms with Crippen molar-refractivity contribution in [1.82, 2.24) is 29.8 Å². The molecule has 0 saturated carbocycles. The molecule has 1 aliphatic rings. The predicted octanol–water partition coefficient (Wildman–Crippen LogP) is 4.66. The maximum absolute atomic E-state index is 15.4. The van der Waals surface area contributed by atoms with Gasteiger partial charge >= 0.3 is 5.97 Å². The summed E-state index contributed by atoms with van der Waals surface area (Å²) in [5.74, 6) is -1.54. The largest absolute Gasteiger partial charge is 0.490 e. The number of halogens is 1. The molecule has 4 aromatic heterocycles. The maximum atomic E-state index is 15.4. The molecule has 214 valence electrons. The minimum atomic E-state index is -1.00. The van der Waals surface area contributed by atoms with Crippen molar-refractivity contribution in [3.63, 3.8) is 0 Å². The maximum Gasteiger partial charge on any atom is 0.307 e. The van der Waals surface area contributed by atoms with Crippen LogP contribution >= 0.6 is 0 Å². The third-order valence-corrected chi connectivity index (χ3v) is 7.80. The number of aromatic nitrogens is 5. The molecule has 0 fully saturated rings. The average Bonchev–Trinajstić information content (AvgIpc) is 3.62. The molecule has 0 bridgehead atoms. The van der Waals surface area contributed by atoms with Gasteiger partial charge in [0.15, 0.2) is 11.6 Å². The van der Waals surface area contributed by atoms with E-state index in [0.29, 0.717) is 46.4 Å². The molecule has 0 aliphatic carbocycles. The number of amides is 1. The van der Waals surface area contributed by atoms with Gasteiger partial charge < -0.3 is 24.7 Å². The molecule has 6 rings (SSSR count). The van der Waals surface area contributed by atoms with Gasteiger partial charge in [0.05, 0.1) is 37.3 Å². The van der Waals surface area contributed by atoms with Crippen LogP contribution < -0.4 is 10.1 Å². The number of carboxylic acid groups (broad SMARTS) is 1. The molecule has 5 heterocycles. The molecule has 42 heavy (non-hydrogen) atoms. The molecular weight excluding hydrogens is 539 g/mol. The summed E-state index contributed by atoms with van der Waals surface area (Å²) in [5.41, 5.74) is 7.08. The number of H-pyrrole nitrogens is 1. The van der Waals surface area contributed by atoms with Crippen molar-refractivity contribution in [3.05, 3.63) is 82.6 Å². The molecule has 0 atom stereocenters. The second kappa shape index (κ2) is 10.7. The molecule has 1 aromatic carbocycles. The summed E-state index contributed by atoms with van der Waals surface area (Å²) in [6.45, 7) is 4.44. The third-order valence-electron chi connectivity index (χ3n) is 7.80. The first-order chi connectivity index (χ1) is 20.2. The Labute approximate surface area is 240 Å². The number of carbonyl (C=O) groups excluding carboxylic acids is 1. The molecule has 0 radical (unpaired) electrons. The number of hydrogen-bond acceptors (Lipinski definition) is 6. The van der Waals surface area contributed by atoms with Crippen LogP contribution in [0.5, 0.6) is 5.75 Å². The SMILES string of the molecule is Cc1nc2c(cc(-c3ccnc(C(=O)NCc4cnc[nH]4)c3)n2C)c(-c2cc(F)c3c(c2C)CCCO3)c1CC(=O)O. The molecule has 3 N–H and O–H groups in total. The number of nitrogens with one attached hydrogen (secondary N) is 2. The zero-order chi connectivity index (χ0) is 29.5. The van der Waals surface area contributed by atoms with E-state index in [1.807, 2.05) is 24.6 Å². The molecule has 10 nitrogen and oxygen atoms in total. The summed E-state index contributed by atoms with van der Waals surface area (Å²) in [5, 5.41) is 13.3. The third kappa shape index (κ3) is 4.76. The second-order valence-electron chi connectivity index (χ2n) is 10.4. The van der Waals surface area contributed by atoms with E-state index in [9.17, 15) is 14.7 Å². The minimum Gasteiger partial charge on any atom is -0.490 e. The molecule has 0 spiro atoms. The van der Waals surface area contributed by atoms with E-state index >= 15 is 4.39 Å². The van der Waals surface area contributed by atoms with Gasteiger partial charge in [0, 0.05) is 41.6 Å². The average molecular weight is 569 g/mol. The van der Waals surface area contributed by atoms with Gasteiger partial charge in [-0.25, -0.2) is 14.4 Å². The predicted molar refractivity (Wildman–Crippen MR) is 154 cm³/mol. The number of aryl methyl sites for hydroxylation is 2. The number of rotatable bonds is 7. The Hall–Kier alpha value is -5.06. The lowest BCUT2D eigenvalue weighted by Gasteiger charge is -2.23.